The number of rotatable bonds is 8. The molecular formula is C21H28F2IN3O3. The first kappa shape index (κ1) is 25.9. The Balaban J connectivity index is 0.00000450. The van der Waals surface area contributed by atoms with E-state index in [9.17, 15) is 13.9 Å². The van der Waals surface area contributed by atoms with E-state index in [1.807, 2.05) is 6.92 Å². The highest BCUT2D eigenvalue weighted by Gasteiger charge is 2.15. The highest BCUT2D eigenvalue weighted by atomic mass is 127. The lowest BCUT2D eigenvalue weighted by atomic mass is 10.1. The van der Waals surface area contributed by atoms with Gasteiger partial charge in [-0.05, 0) is 37.6 Å². The monoisotopic (exact) mass is 535 g/mol. The third-order valence-electron chi connectivity index (χ3n) is 4.31. The average Bonchev–Trinajstić information content (AvgIpc) is 2.71. The Labute approximate surface area is 192 Å². The van der Waals surface area contributed by atoms with Crippen LogP contribution in [0.3, 0.4) is 0 Å². The molecule has 0 saturated heterocycles. The summed E-state index contributed by atoms with van der Waals surface area (Å²) in [6.07, 6.45) is -0.896. The van der Waals surface area contributed by atoms with Gasteiger partial charge in [0, 0.05) is 24.2 Å². The van der Waals surface area contributed by atoms with Crippen molar-refractivity contribution in [2.75, 3.05) is 27.3 Å². The van der Waals surface area contributed by atoms with Crippen molar-refractivity contribution in [2.45, 2.75) is 26.0 Å². The first-order valence-corrected chi connectivity index (χ1v) is 9.28. The van der Waals surface area contributed by atoms with Gasteiger partial charge in [-0.3, -0.25) is 4.99 Å². The van der Waals surface area contributed by atoms with Gasteiger partial charge in [0.2, 0.25) is 0 Å². The zero-order valence-electron chi connectivity index (χ0n) is 17.4. The van der Waals surface area contributed by atoms with Crippen LogP contribution in [0.15, 0.2) is 41.4 Å². The quantitative estimate of drug-likeness (QED) is 0.271. The number of aliphatic imine (C=N–C) groups is 1. The van der Waals surface area contributed by atoms with Crippen LogP contribution in [0, 0.1) is 11.6 Å². The molecule has 6 nitrogen and oxygen atoms in total. The molecule has 3 N–H and O–H groups in total. The Bertz CT molecular complexity index is 830. The molecule has 0 bridgehead atoms. The molecule has 0 spiro atoms. The maximum Gasteiger partial charge on any atom is 0.191 e. The van der Waals surface area contributed by atoms with Crippen molar-refractivity contribution in [1.82, 2.24) is 10.6 Å². The van der Waals surface area contributed by atoms with E-state index in [0.717, 1.165) is 6.07 Å². The van der Waals surface area contributed by atoms with E-state index < -0.39 is 23.8 Å². The van der Waals surface area contributed by atoms with Gasteiger partial charge >= 0.3 is 0 Å². The van der Waals surface area contributed by atoms with Crippen LogP contribution in [0.1, 0.15) is 37.1 Å². The van der Waals surface area contributed by atoms with Gasteiger partial charge < -0.3 is 25.2 Å². The number of benzene rings is 2. The van der Waals surface area contributed by atoms with E-state index >= 15 is 0 Å². The van der Waals surface area contributed by atoms with E-state index in [1.54, 1.807) is 25.1 Å². The largest absolute Gasteiger partial charge is 0.497 e. The number of guanidine groups is 1. The van der Waals surface area contributed by atoms with Crippen molar-refractivity contribution in [1.29, 1.82) is 0 Å². The van der Waals surface area contributed by atoms with Gasteiger partial charge in [-0.2, -0.15) is 0 Å². The predicted octanol–water partition coefficient (Wildman–Crippen LogP) is 3.95. The van der Waals surface area contributed by atoms with Crippen LogP contribution in [-0.4, -0.2) is 38.4 Å². The summed E-state index contributed by atoms with van der Waals surface area (Å²) in [6.45, 7) is 4.27. The second-order valence-electron chi connectivity index (χ2n) is 6.41. The highest BCUT2D eigenvalue weighted by Crippen LogP contribution is 2.26. The van der Waals surface area contributed by atoms with E-state index in [2.05, 4.69) is 15.6 Å². The fourth-order valence-electron chi connectivity index (χ4n) is 2.76. The number of methoxy groups -OCH3 is 2. The normalized spacial score (nSPS) is 13.1. The molecule has 0 aliphatic rings. The summed E-state index contributed by atoms with van der Waals surface area (Å²) in [5.74, 6) is 0.262. The van der Waals surface area contributed by atoms with Gasteiger partial charge in [-0.15, -0.1) is 24.0 Å². The van der Waals surface area contributed by atoms with Gasteiger partial charge in [0.15, 0.2) is 5.96 Å². The first-order valence-electron chi connectivity index (χ1n) is 9.28. The van der Waals surface area contributed by atoms with E-state index in [-0.39, 0.29) is 30.5 Å². The summed E-state index contributed by atoms with van der Waals surface area (Å²) in [5.41, 5.74) is 0.911. The van der Waals surface area contributed by atoms with Crippen LogP contribution in [0.4, 0.5) is 8.78 Å². The van der Waals surface area contributed by atoms with Crippen molar-refractivity contribution < 1.29 is 23.4 Å². The minimum absolute atomic E-state index is 0. The molecule has 0 heterocycles. The molecule has 2 unspecified atom stereocenters. The Morgan fingerprint density at radius 2 is 1.73 bits per heavy atom. The molecule has 9 heteroatoms. The van der Waals surface area contributed by atoms with Crippen molar-refractivity contribution >= 4 is 29.9 Å². The number of aliphatic hydroxyl groups is 1. The van der Waals surface area contributed by atoms with Gasteiger partial charge in [-0.1, -0.05) is 6.07 Å². The second-order valence-corrected chi connectivity index (χ2v) is 6.41. The number of aliphatic hydroxyl groups excluding tert-OH is 1. The average molecular weight is 535 g/mol. The molecule has 166 valence electrons. The van der Waals surface area contributed by atoms with Gasteiger partial charge in [0.05, 0.1) is 32.9 Å². The lowest BCUT2D eigenvalue weighted by molar-refractivity contribution is 0.186. The number of nitrogens with one attached hydrogen (secondary N) is 2. The van der Waals surface area contributed by atoms with Crippen LogP contribution in [-0.2, 0) is 0 Å². The van der Waals surface area contributed by atoms with Crippen molar-refractivity contribution in [3.05, 3.63) is 59.2 Å². The first-order chi connectivity index (χ1) is 13.9. The van der Waals surface area contributed by atoms with E-state index in [0.29, 0.717) is 35.1 Å². The highest BCUT2D eigenvalue weighted by molar-refractivity contribution is 14.0. The van der Waals surface area contributed by atoms with Crippen molar-refractivity contribution in [2.24, 2.45) is 4.99 Å². The molecule has 0 saturated carbocycles. The van der Waals surface area contributed by atoms with Crippen LogP contribution >= 0.6 is 24.0 Å². The molecule has 0 radical (unpaired) electrons. The minimum Gasteiger partial charge on any atom is -0.497 e. The molecule has 0 aliphatic heterocycles. The summed E-state index contributed by atoms with van der Waals surface area (Å²) < 4.78 is 37.6. The molecule has 2 atom stereocenters. The summed E-state index contributed by atoms with van der Waals surface area (Å²) in [4.78, 5) is 4.38. The molecule has 2 rings (SSSR count). The lowest BCUT2D eigenvalue weighted by Crippen LogP contribution is -2.39. The van der Waals surface area contributed by atoms with Crippen LogP contribution in [0.5, 0.6) is 11.5 Å². The minimum atomic E-state index is -0.896. The maximum atomic E-state index is 14.0. The number of halogens is 3. The molecule has 0 aliphatic carbocycles. The third kappa shape index (κ3) is 7.28. The fraction of sp³-hybridized carbons (Fsp3) is 0.381. The molecule has 0 aromatic heterocycles. The molecule has 30 heavy (non-hydrogen) atoms. The lowest BCUT2D eigenvalue weighted by Gasteiger charge is -2.19. The summed E-state index contributed by atoms with van der Waals surface area (Å²) in [5, 5.41) is 16.6. The number of ether oxygens (including phenoxy) is 2. The Morgan fingerprint density at radius 3 is 2.27 bits per heavy atom. The van der Waals surface area contributed by atoms with Crippen LogP contribution in [0.2, 0.25) is 0 Å². The maximum absolute atomic E-state index is 14.0. The third-order valence-corrected chi connectivity index (χ3v) is 4.31. The summed E-state index contributed by atoms with van der Waals surface area (Å²) >= 11 is 0. The Hall–Kier alpha value is -2.14. The molecule has 2 aromatic rings. The predicted molar refractivity (Wildman–Crippen MR) is 124 cm³/mol. The van der Waals surface area contributed by atoms with Crippen LogP contribution < -0.4 is 20.1 Å². The number of nitrogens with zero attached hydrogens (tertiary/aromatic N) is 1. The molecule has 0 amide bonds. The van der Waals surface area contributed by atoms with Crippen molar-refractivity contribution in [3.63, 3.8) is 0 Å². The van der Waals surface area contributed by atoms with E-state index in [4.69, 9.17) is 9.47 Å². The van der Waals surface area contributed by atoms with Crippen molar-refractivity contribution in [3.8, 4) is 11.5 Å². The topological polar surface area (TPSA) is 75.1 Å². The van der Waals surface area contributed by atoms with Gasteiger partial charge in [-0.25, -0.2) is 8.78 Å². The van der Waals surface area contributed by atoms with Gasteiger partial charge in [0.25, 0.3) is 0 Å². The Kier molecular flexibility index (Phi) is 10.8. The summed E-state index contributed by atoms with van der Waals surface area (Å²) in [6, 6.07) is 8.12. The number of hydrogen-bond acceptors (Lipinski definition) is 4. The second kappa shape index (κ2) is 12.5. The smallest absolute Gasteiger partial charge is 0.191 e. The number of hydrogen-bond donors (Lipinski definition) is 3. The zero-order chi connectivity index (χ0) is 21.4. The fourth-order valence-corrected chi connectivity index (χ4v) is 2.76. The Morgan fingerprint density at radius 1 is 1.10 bits per heavy atom. The molecule has 2 aromatic carbocycles. The summed E-state index contributed by atoms with van der Waals surface area (Å²) in [7, 11) is 3.07. The SMILES string of the molecule is CCNC(=NCC(O)c1cc(OC)cc(OC)c1)NC(C)c1ccc(F)cc1F.I. The van der Waals surface area contributed by atoms with Gasteiger partial charge in [0.1, 0.15) is 23.1 Å². The van der Waals surface area contributed by atoms with E-state index in [1.165, 1.54) is 26.4 Å². The molecular weight excluding hydrogens is 507 g/mol. The standard InChI is InChI=1S/C21H27F2N3O3.HI/c1-5-24-21(26-13(2)18-7-6-15(22)10-19(18)23)25-12-20(27)14-8-16(28-3)11-17(9-14)29-4;/h6-11,13,20,27H,5,12H2,1-4H3,(H2,24,25,26);1H. The zero-order valence-corrected chi connectivity index (χ0v) is 19.7. The molecule has 0 fully saturated rings. The van der Waals surface area contributed by atoms with Crippen LogP contribution in [0.25, 0.3) is 0 Å².